The van der Waals surface area contributed by atoms with E-state index >= 15 is 0 Å². The second-order valence-electron chi connectivity index (χ2n) is 1.36. The van der Waals surface area contributed by atoms with Crippen LogP contribution in [-0.2, 0) is 4.79 Å². The highest BCUT2D eigenvalue weighted by atomic mass is 32.2. The summed E-state index contributed by atoms with van der Waals surface area (Å²) in [5.74, 6) is 8.10. The van der Waals surface area contributed by atoms with E-state index in [-0.39, 0.29) is 5.91 Å². The second-order valence-corrected chi connectivity index (χ2v) is 2.19. The van der Waals surface area contributed by atoms with Crippen LogP contribution in [0.25, 0.3) is 0 Å². The molecule has 0 spiro atoms. The van der Waals surface area contributed by atoms with Crippen molar-refractivity contribution < 1.29 is 4.79 Å². The molecule has 3 aliphatic heterocycles. The molecule has 1 amide bonds. The molecule has 0 unspecified atom stereocenters. The summed E-state index contributed by atoms with van der Waals surface area (Å²) in [4.78, 5) is 14.0. The van der Waals surface area contributed by atoms with Gasteiger partial charge >= 0.3 is 0 Å². The van der Waals surface area contributed by atoms with Gasteiger partial charge in [-0.2, -0.15) is 4.83 Å². The van der Waals surface area contributed by atoms with Gasteiger partial charge < -0.3 is 0 Å². The van der Waals surface area contributed by atoms with E-state index in [9.17, 15) is 4.79 Å². The van der Waals surface area contributed by atoms with E-state index < -0.39 is 0 Å². The van der Waals surface area contributed by atoms with Gasteiger partial charge in [-0.25, -0.2) is 5.01 Å². The zero-order valence-electron chi connectivity index (χ0n) is 4.50. The van der Waals surface area contributed by atoms with Crippen molar-refractivity contribution in [2.45, 2.75) is 0 Å². The minimum Gasteiger partial charge on any atom is -0.274 e. The Labute approximate surface area is 56.1 Å². The zero-order valence-corrected chi connectivity index (χ0v) is 5.31. The molecular weight excluding hydrogens is 140 g/mol. The first-order valence-corrected chi connectivity index (χ1v) is 3.01. The predicted octanol–water partition coefficient (Wildman–Crippen LogP) is -1.34. The molecule has 0 aromatic carbocycles. The summed E-state index contributed by atoms with van der Waals surface area (Å²) in [5.41, 5.74) is 0. The first kappa shape index (κ1) is 6.56. The van der Waals surface area contributed by atoms with E-state index in [1.165, 1.54) is 17.0 Å². The number of amides is 1. The summed E-state index contributed by atoms with van der Waals surface area (Å²) in [6.07, 6.45) is 1.77. The van der Waals surface area contributed by atoms with Gasteiger partial charge in [0.2, 0.25) is 0 Å². The van der Waals surface area contributed by atoms with Crippen LogP contribution in [0.5, 0.6) is 0 Å². The number of hydrazine groups is 2. The van der Waals surface area contributed by atoms with Crippen molar-refractivity contribution in [1.29, 1.82) is 0 Å². The maximum absolute atomic E-state index is 10.4. The van der Waals surface area contributed by atoms with E-state index in [0.29, 0.717) is 0 Å². The lowest BCUT2D eigenvalue weighted by atomic mass is 10.4. The molecule has 0 aliphatic carbocycles. The van der Waals surface area contributed by atoms with Crippen molar-refractivity contribution in [3.63, 3.8) is 0 Å². The number of nitrogens with one attached hydrogen (secondary N) is 1. The highest BCUT2D eigenvalue weighted by Gasteiger charge is 2.35. The molecule has 0 saturated carbocycles. The molecule has 1 saturated heterocycles. The van der Waals surface area contributed by atoms with Gasteiger partial charge in [0.05, 0.1) is 0 Å². The predicted molar refractivity (Wildman–Crippen MR) is 34.0 cm³/mol. The highest BCUT2D eigenvalue weighted by molar-refractivity contribution is 8.02. The monoisotopic (exact) mass is 146 g/mol. The summed E-state index contributed by atoms with van der Waals surface area (Å²) in [6.45, 7) is 0. The van der Waals surface area contributed by atoms with Crippen molar-refractivity contribution in [2.24, 2.45) is 11.7 Å². The normalized spacial score (nSPS) is 20.0. The number of hydrogen-bond donors (Lipinski definition) is 3. The molecule has 0 radical (unpaired) electrons. The maximum atomic E-state index is 10.4. The van der Waals surface area contributed by atoms with Crippen LogP contribution in [0.4, 0.5) is 0 Å². The minimum atomic E-state index is 0.102. The number of hydrogen-bond acceptors (Lipinski definition) is 5. The average molecular weight is 146 g/mol. The molecule has 5 nitrogen and oxygen atoms in total. The summed E-state index contributed by atoms with van der Waals surface area (Å²) >= 11 is 1.37. The van der Waals surface area contributed by atoms with Crippen LogP contribution in [0, 0.1) is 0 Å². The molecule has 1 fully saturated rings. The Morgan fingerprint density at radius 2 is 2.33 bits per heavy atom. The summed E-state index contributed by atoms with van der Waals surface area (Å²) in [5, 5.41) is 1.46. The number of carbonyl (C=O) groups is 1. The Balaban J connectivity index is 0.000000186. The lowest BCUT2D eigenvalue weighted by Crippen LogP contribution is -2.32. The van der Waals surface area contributed by atoms with Crippen molar-refractivity contribution in [3.05, 3.63) is 11.1 Å². The Bertz CT molecular complexity index is 167. The lowest BCUT2D eigenvalue weighted by molar-refractivity contribution is -0.126. The van der Waals surface area contributed by atoms with Gasteiger partial charge in [-0.15, -0.1) is 0 Å². The molecule has 9 heavy (non-hydrogen) atoms. The van der Waals surface area contributed by atoms with E-state index in [2.05, 4.69) is 16.5 Å². The van der Waals surface area contributed by atoms with Gasteiger partial charge in [-0.1, -0.05) is 0 Å². The van der Waals surface area contributed by atoms with Gasteiger partial charge in [0.15, 0.2) is 0 Å². The van der Waals surface area contributed by atoms with E-state index in [1.54, 1.807) is 6.20 Å². The summed E-state index contributed by atoms with van der Waals surface area (Å²) in [7, 11) is 0. The standard InChI is InChI=1S/C3H2N2OS.H4N2/c6-3-2-1-5(3)4-7-2;1-2/h1,4H;1-2H2. The van der Waals surface area contributed by atoms with Gasteiger partial charge in [0.1, 0.15) is 4.91 Å². The third-order valence-electron chi connectivity index (χ3n) is 0.930. The molecule has 6 heteroatoms. The van der Waals surface area contributed by atoms with Crippen LogP contribution in [0.3, 0.4) is 0 Å². The molecule has 0 aromatic rings. The Morgan fingerprint density at radius 1 is 1.67 bits per heavy atom. The van der Waals surface area contributed by atoms with Crippen molar-refractivity contribution in [2.75, 3.05) is 0 Å². The van der Waals surface area contributed by atoms with Crippen LogP contribution in [0.15, 0.2) is 11.1 Å². The number of nitrogens with two attached hydrogens (primary N) is 2. The Hall–Kier alpha value is -0.560. The fourth-order valence-corrected chi connectivity index (χ4v) is 1.20. The van der Waals surface area contributed by atoms with E-state index in [1.807, 2.05) is 0 Å². The number of carbonyl (C=O) groups excluding carboxylic acids is 1. The summed E-state index contributed by atoms with van der Waals surface area (Å²) < 4.78 is 0. The van der Waals surface area contributed by atoms with Gasteiger partial charge in [-0.05, 0) is 11.9 Å². The Morgan fingerprint density at radius 3 is 2.44 bits per heavy atom. The largest absolute Gasteiger partial charge is 0.282 e. The molecule has 2 bridgehead atoms. The van der Waals surface area contributed by atoms with Crippen molar-refractivity contribution in [3.8, 4) is 0 Å². The SMILES string of the molecule is NN.O=C1C2=CN1NS2. The van der Waals surface area contributed by atoms with Gasteiger partial charge in [-0.3, -0.25) is 16.5 Å². The minimum absolute atomic E-state index is 0.102. The van der Waals surface area contributed by atoms with Crippen LogP contribution in [0.1, 0.15) is 0 Å². The van der Waals surface area contributed by atoms with E-state index in [4.69, 9.17) is 0 Å². The molecule has 3 aliphatic rings. The van der Waals surface area contributed by atoms with Crippen LogP contribution >= 0.6 is 11.9 Å². The molecule has 3 rings (SSSR count). The van der Waals surface area contributed by atoms with E-state index in [0.717, 1.165) is 4.91 Å². The Kier molecular flexibility index (Phi) is 1.72. The zero-order chi connectivity index (χ0) is 6.85. The topological polar surface area (TPSA) is 84.4 Å². The van der Waals surface area contributed by atoms with Crippen LogP contribution in [0.2, 0.25) is 0 Å². The maximum Gasteiger partial charge on any atom is 0.282 e. The highest BCUT2D eigenvalue weighted by Crippen LogP contribution is 2.31. The fourth-order valence-electron chi connectivity index (χ4n) is 0.520. The van der Waals surface area contributed by atoms with Gasteiger partial charge in [0.25, 0.3) is 5.91 Å². The molecule has 0 atom stereocenters. The third kappa shape index (κ3) is 0.815. The number of nitrogens with zero attached hydrogens (tertiary/aromatic N) is 1. The second kappa shape index (κ2) is 2.36. The van der Waals surface area contributed by atoms with Crippen molar-refractivity contribution >= 4 is 17.9 Å². The average Bonchev–Trinajstić information content (AvgIpc) is 2.49. The lowest BCUT2D eigenvalue weighted by Gasteiger charge is -2.11. The quantitative estimate of drug-likeness (QED) is 0.224. The first-order valence-electron chi connectivity index (χ1n) is 2.19. The molecule has 50 valence electrons. The third-order valence-corrected chi connectivity index (χ3v) is 1.72. The number of fused-ring (bicyclic) bond motifs is 1. The van der Waals surface area contributed by atoms with Crippen molar-refractivity contribution in [1.82, 2.24) is 9.84 Å². The van der Waals surface area contributed by atoms with Crippen LogP contribution < -0.4 is 16.5 Å². The van der Waals surface area contributed by atoms with Crippen LogP contribution in [-0.4, -0.2) is 10.9 Å². The summed E-state index contributed by atoms with van der Waals surface area (Å²) in [6, 6.07) is 0. The molecule has 3 heterocycles. The molecule has 5 N–H and O–H groups in total. The van der Waals surface area contributed by atoms with Gasteiger partial charge in [0, 0.05) is 6.20 Å². The number of rotatable bonds is 0. The smallest absolute Gasteiger partial charge is 0.274 e. The first-order chi connectivity index (χ1) is 4.38. The molecule has 0 aromatic heterocycles. The fraction of sp³-hybridized carbons (Fsp3) is 0. The molecular formula is C3H6N4OS.